The van der Waals surface area contributed by atoms with E-state index in [9.17, 15) is 4.79 Å². The maximum Gasteiger partial charge on any atom is 0.303 e. The van der Waals surface area contributed by atoms with Crippen LogP contribution in [0.5, 0.6) is 0 Å². The highest BCUT2D eigenvalue weighted by Crippen LogP contribution is 2.11. The summed E-state index contributed by atoms with van der Waals surface area (Å²) in [5.74, 6) is -0.120. The van der Waals surface area contributed by atoms with E-state index in [2.05, 4.69) is 13.8 Å². The van der Waals surface area contributed by atoms with E-state index in [1.54, 1.807) is 0 Å². The quantitative estimate of drug-likeness (QED) is 0.585. The Kier molecular flexibility index (Phi) is 8.64. The molecule has 0 fully saturated rings. The first-order chi connectivity index (χ1) is 6.66. The third-order valence-electron chi connectivity index (χ3n) is 2.19. The van der Waals surface area contributed by atoms with E-state index in [0.717, 1.165) is 38.9 Å². The largest absolute Gasteiger partial charge is 0.481 e. The Bertz CT molecular complexity index is 145. The Hall–Kier alpha value is -0.570. The maximum atomic E-state index is 10.3. The molecule has 0 aromatic rings. The highest BCUT2D eigenvalue weighted by Gasteiger charge is 2.03. The summed E-state index contributed by atoms with van der Waals surface area (Å²) in [6, 6.07) is 0. The zero-order valence-electron chi connectivity index (χ0n) is 9.29. The third kappa shape index (κ3) is 9.52. The molecule has 0 saturated heterocycles. The summed E-state index contributed by atoms with van der Waals surface area (Å²) >= 11 is 0. The van der Waals surface area contributed by atoms with Crippen molar-refractivity contribution in [2.75, 3.05) is 13.2 Å². The molecule has 1 unspecified atom stereocenters. The minimum atomic E-state index is -0.695. The maximum absolute atomic E-state index is 10.3. The Morgan fingerprint density at radius 1 is 1.36 bits per heavy atom. The fourth-order valence-electron chi connectivity index (χ4n) is 1.28. The number of carboxylic acids is 1. The second-order valence-corrected chi connectivity index (χ2v) is 3.79. The van der Waals surface area contributed by atoms with Crippen LogP contribution in [0.3, 0.4) is 0 Å². The smallest absolute Gasteiger partial charge is 0.303 e. The van der Waals surface area contributed by atoms with E-state index in [1.807, 2.05) is 0 Å². The lowest BCUT2D eigenvalue weighted by Gasteiger charge is -2.10. The molecule has 0 radical (unpaired) electrons. The summed E-state index contributed by atoms with van der Waals surface area (Å²) in [6.07, 6.45) is 4.17. The van der Waals surface area contributed by atoms with Gasteiger partial charge in [-0.3, -0.25) is 4.79 Å². The summed E-state index contributed by atoms with van der Waals surface area (Å²) in [7, 11) is 0. The van der Waals surface area contributed by atoms with Gasteiger partial charge in [0.2, 0.25) is 0 Å². The van der Waals surface area contributed by atoms with Crippen LogP contribution in [0.2, 0.25) is 0 Å². The molecule has 0 saturated carbocycles. The van der Waals surface area contributed by atoms with Crippen molar-refractivity contribution < 1.29 is 14.6 Å². The minimum absolute atomic E-state index is 0.292. The van der Waals surface area contributed by atoms with Crippen LogP contribution >= 0.6 is 0 Å². The highest BCUT2D eigenvalue weighted by molar-refractivity contribution is 5.66. The van der Waals surface area contributed by atoms with Gasteiger partial charge in [-0.05, 0) is 25.2 Å². The molecule has 1 N–H and O–H groups in total. The van der Waals surface area contributed by atoms with Gasteiger partial charge in [-0.25, -0.2) is 0 Å². The second kappa shape index (κ2) is 9.00. The molecule has 0 spiro atoms. The summed E-state index contributed by atoms with van der Waals surface area (Å²) in [5.41, 5.74) is 0. The van der Waals surface area contributed by atoms with Crippen molar-refractivity contribution in [2.45, 2.75) is 46.0 Å². The van der Waals surface area contributed by atoms with Crippen molar-refractivity contribution in [3.63, 3.8) is 0 Å². The van der Waals surface area contributed by atoms with Gasteiger partial charge >= 0.3 is 5.97 Å². The van der Waals surface area contributed by atoms with E-state index < -0.39 is 5.97 Å². The zero-order chi connectivity index (χ0) is 10.8. The lowest BCUT2D eigenvalue weighted by molar-refractivity contribution is -0.137. The van der Waals surface area contributed by atoms with Gasteiger partial charge in [0.1, 0.15) is 0 Å². The Balaban J connectivity index is 3.19. The molecule has 0 aliphatic rings. The van der Waals surface area contributed by atoms with Gasteiger partial charge in [-0.15, -0.1) is 0 Å². The first kappa shape index (κ1) is 13.4. The molecular weight excluding hydrogens is 180 g/mol. The molecule has 0 bridgehead atoms. The van der Waals surface area contributed by atoms with E-state index in [1.165, 1.54) is 0 Å². The zero-order valence-corrected chi connectivity index (χ0v) is 9.29. The van der Waals surface area contributed by atoms with Gasteiger partial charge in [-0.1, -0.05) is 20.3 Å². The average Bonchev–Trinajstić information content (AvgIpc) is 2.12. The molecule has 1 atom stereocenters. The molecule has 0 rings (SSSR count). The number of hydrogen-bond acceptors (Lipinski definition) is 2. The van der Waals surface area contributed by atoms with E-state index in [-0.39, 0.29) is 0 Å². The number of carboxylic acid groups (broad SMARTS) is 1. The number of ether oxygens (including phenoxy) is 1. The van der Waals surface area contributed by atoms with Crippen LogP contribution in [0.4, 0.5) is 0 Å². The van der Waals surface area contributed by atoms with Crippen LogP contribution in [-0.2, 0) is 9.53 Å². The Labute approximate surface area is 86.5 Å². The standard InChI is InChI=1S/C11H22O3/c1-3-8-14-9-7-10(2)5-4-6-11(12)13/h10H,3-9H2,1-2H3,(H,12,13). The van der Waals surface area contributed by atoms with Crippen molar-refractivity contribution in [3.05, 3.63) is 0 Å². The van der Waals surface area contributed by atoms with Crippen LogP contribution in [-0.4, -0.2) is 24.3 Å². The second-order valence-electron chi connectivity index (χ2n) is 3.79. The summed E-state index contributed by atoms with van der Waals surface area (Å²) in [4.78, 5) is 10.3. The number of rotatable bonds is 9. The predicted octanol–water partition coefficient (Wildman–Crippen LogP) is 2.69. The molecule has 0 amide bonds. The SMILES string of the molecule is CCCOCCC(C)CCCC(=O)O. The first-order valence-electron chi connectivity index (χ1n) is 5.46. The lowest BCUT2D eigenvalue weighted by Crippen LogP contribution is -2.04. The van der Waals surface area contributed by atoms with Crippen molar-refractivity contribution in [3.8, 4) is 0 Å². The van der Waals surface area contributed by atoms with Crippen LogP contribution in [0.25, 0.3) is 0 Å². The molecule has 3 nitrogen and oxygen atoms in total. The topological polar surface area (TPSA) is 46.5 Å². The van der Waals surface area contributed by atoms with Gasteiger partial charge in [0.25, 0.3) is 0 Å². The van der Waals surface area contributed by atoms with Gasteiger partial charge in [0.15, 0.2) is 0 Å². The van der Waals surface area contributed by atoms with Crippen molar-refractivity contribution in [1.29, 1.82) is 0 Å². The van der Waals surface area contributed by atoms with E-state index in [4.69, 9.17) is 9.84 Å². The van der Waals surface area contributed by atoms with Crippen LogP contribution in [0.1, 0.15) is 46.0 Å². The minimum Gasteiger partial charge on any atom is -0.481 e. The highest BCUT2D eigenvalue weighted by atomic mass is 16.5. The Morgan fingerprint density at radius 3 is 2.64 bits per heavy atom. The van der Waals surface area contributed by atoms with Gasteiger partial charge < -0.3 is 9.84 Å². The number of aliphatic carboxylic acids is 1. The van der Waals surface area contributed by atoms with Gasteiger partial charge in [0, 0.05) is 19.6 Å². The van der Waals surface area contributed by atoms with Gasteiger partial charge in [-0.2, -0.15) is 0 Å². The van der Waals surface area contributed by atoms with Crippen molar-refractivity contribution >= 4 is 5.97 Å². The molecule has 0 heterocycles. The average molecular weight is 202 g/mol. The molecule has 84 valence electrons. The lowest BCUT2D eigenvalue weighted by atomic mass is 10.0. The van der Waals surface area contributed by atoms with E-state index >= 15 is 0 Å². The number of hydrogen-bond donors (Lipinski definition) is 1. The monoisotopic (exact) mass is 202 g/mol. The molecule has 0 aromatic heterocycles. The van der Waals surface area contributed by atoms with Crippen LogP contribution in [0.15, 0.2) is 0 Å². The number of carbonyl (C=O) groups is 1. The predicted molar refractivity (Wildman–Crippen MR) is 56.4 cm³/mol. The van der Waals surface area contributed by atoms with Crippen molar-refractivity contribution in [2.24, 2.45) is 5.92 Å². The molecule has 0 aromatic carbocycles. The molecule has 0 aliphatic carbocycles. The van der Waals surface area contributed by atoms with Gasteiger partial charge in [0.05, 0.1) is 0 Å². The first-order valence-corrected chi connectivity index (χ1v) is 5.46. The summed E-state index contributed by atoms with van der Waals surface area (Å²) < 4.78 is 5.36. The van der Waals surface area contributed by atoms with Crippen LogP contribution < -0.4 is 0 Å². The third-order valence-corrected chi connectivity index (χ3v) is 2.19. The molecule has 3 heteroatoms. The summed E-state index contributed by atoms with van der Waals surface area (Å²) in [6.45, 7) is 5.89. The molecule has 0 aliphatic heterocycles. The summed E-state index contributed by atoms with van der Waals surface area (Å²) in [5, 5.41) is 8.45. The van der Waals surface area contributed by atoms with E-state index in [0.29, 0.717) is 12.3 Å². The fraction of sp³-hybridized carbons (Fsp3) is 0.909. The van der Waals surface area contributed by atoms with Crippen molar-refractivity contribution in [1.82, 2.24) is 0 Å². The normalized spacial score (nSPS) is 12.7. The molecule has 14 heavy (non-hydrogen) atoms. The fourth-order valence-corrected chi connectivity index (χ4v) is 1.28. The Morgan fingerprint density at radius 2 is 2.07 bits per heavy atom. The molecular formula is C11H22O3. The van der Waals surface area contributed by atoms with Crippen LogP contribution in [0, 0.1) is 5.92 Å².